The Labute approximate surface area is 201 Å². The maximum Gasteiger partial charge on any atom is 0.146 e. The molecule has 5 nitrogen and oxygen atoms in total. The number of nitrogens with zero attached hydrogens (tertiary/aromatic N) is 4. The summed E-state index contributed by atoms with van der Waals surface area (Å²) in [5.74, 6) is -0.139. The molecule has 1 aliphatic heterocycles. The fraction of sp³-hybridized carbons (Fsp3) is 0.423. The van der Waals surface area contributed by atoms with Gasteiger partial charge in [0.1, 0.15) is 5.82 Å². The number of nitrogens with one attached hydrogen (secondary N) is 1. The van der Waals surface area contributed by atoms with Crippen molar-refractivity contribution in [3.63, 3.8) is 0 Å². The lowest BCUT2D eigenvalue weighted by molar-refractivity contribution is 0.256. The molecule has 1 N–H and O–H groups in total. The van der Waals surface area contributed by atoms with Gasteiger partial charge in [0.15, 0.2) is 0 Å². The van der Waals surface area contributed by atoms with Gasteiger partial charge in [-0.15, -0.1) is 0 Å². The van der Waals surface area contributed by atoms with E-state index in [2.05, 4.69) is 42.0 Å². The number of hydrogen-bond donors (Lipinski definition) is 1. The van der Waals surface area contributed by atoms with Crippen LogP contribution in [0.3, 0.4) is 0 Å². The normalized spacial score (nSPS) is 15.2. The molecule has 1 saturated heterocycles. The molecule has 2 aromatic carbocycles. The average Bonchev–Trinajstić information content (AvgIpc) is 3.26. The van der Waals surface area contributed by atoms with E-state index in [1.54, 1.807) is 6.07 Å². The smallest absolute Gasteiger partial charge is 0.146 e. The molecule has 3 aromatic rings. The van der Waals surface area contributed by atoms with Crippen molar-refractivity contribution in [2.45, 2.75) is 32.7 Å². The van der Waals surface area contributed by atoms with E-state index in [1.165, 1.54) is 11.6 Å². The van der Waals surface area contributed by atoms with Crippen LogP contribution in [0, 0.1) is 5.82 Å². The van der Waals surface area contributed by atoms with Gasteiger partial charge in [0, 0.05) is 57.0 Å². The van der Waals surface area contributed by atoms with Crippen LogP contribution in [-0.2, 0) is 12.0 Å². The SMILES string of the molecule is CC(C)(C)c1ccc(Cl)cc1-n1ccc(CNCCN2CCN(c3ccccc3F)CC2)n1. The minimum Gasteiger partial charge on any atom is -0.367 e. The standard InChI is InChI=1S/C26H33ClFN5/c1-26(2,3)22-9-8-20(27)18-25(22)33-12-10-21(30-33)19-29-11-13-31-14-16-32(17-15-31)24-7-5-4-6-23(24)28/h4-10,12,18,29H,11,13-17,19H2,1-3H3. The Bertz CT molecular complexity index is 1070. The van der Waals surface area contributed by atoms with Crippen molar-refractivity contribution < 1.29 is 4.39 Å². The molecule has 0 amide bonds. The summed E-state index contributed by atoms with van der Waals surface area (Å²) < 4.78 is 15.9. The van der Waals surface area contributed by atoms with Crippen LogP contribution in [0.2, 0.25) is 5.02 Å². The molecule has 33 heavy (non-hydrogen) atoms. The summed E-state index contributed by atoms with van der Waals surface area (Å²) in [5, 5.41) is 8.99. The highest BCUT2D eigenvalue weighted by molar-refractivity contribution is 6.30. The molecule has 4 rings (SSSR count). The first-order valence-corrected chi connectivity index (χ1v) is 12.0. The van der Waals surface area contributed by atoms with Gasteiger partial charge >= 0.3 is 0 Å². The zero-order valence-corrected chi connectivity index (χ0v) is 20.4. The highest BCUT2D eigenvalue weighted by atomic mass is 35.5. The van der Waals surface area contributed by atoms with E-state index in [9.17, 15) is 4.39 Å². The maximum atomic E-state index is 14.0. The second-order valence-corrected chi connectivity index (χ2v) is 10.1. The van der Waals surface area contributed by atoms with E-state index >= 15 is 0 Å². The van der Waals surface area contributed by atoms with Gasteiger partial charge in [0.05, 0.1) is 17.1 Å². The molecule has 0 unspecified atom stereocenters. The van der Waals surface area contributed by atoms with Crippen LogP contribution in [0.1, 0.15) is 32.0 Å². The van der Waals surface area contributed by atoms with E-state index in [0.29, 0.717) is 17.3 Å². The van der Waals surface area contributed by atoms with Crippen molar-refractivity contribution >= 4 is 17.3 Å². The predicted octanol–water partition coefficient (Wildman–Crippen LogP) is 4.87. The first kappa shape index (κ1) is 23.7. The lowest BCUT2D eigenvalue weighted by Gasteiger charge is -2.36. The lowest BCUT2D eigenvalue weighted by atomic mass is 9.86. The van der Waals surface area contributed by atoms with Crippen LogP contribution in [-0.4, -0.2) is 53.9 Å². The van der Waals surface area contributed by atoms with Crippen LogP contribution >= 0.6 is 11.6 Å². The number of rotatable bonds is 7. The third kappa shape index (κ3) is 5.94. The summed E-state index contributed by atoms with van der Waals surface area (Å²) in [7, 11) is 0. The van der Waals surface area contributed by atoms with Crippen molar-refractivity contribution in [3.05, 3.63) is 76.8 Å². The first-order chi connectivity index (χ1) is 15.8. The van der Waals surface area contributed by atoms with Gasteiger partial charge in [-0.05, 0) is 41.3 Å². The fourth-order valence-electron chi connectivity index (χ4n) is 4.29. The van der Waals surface area contributed by atoms with Crippen molar-refractivity contribution in [1.82, 2.24) is 20.0 Å². The van der Waals surface area contributed by atoms with Crippen LogP contribution in [0.4, 0.5) is 10.1 Å². The van der Waals surface area contributed by atoms with Crippen LogP contribution in [0.25, 0.3) is 5.69 Å². The van der Waals surface area contributed by atoms with Crippen molar-refractivity contribution in [1.29, 1.82) is 0 Å². The molecule has 1 aliphatic rings. The summed E-state index contributed by atoms with van der Waals surface area (Å²) in [4.78, 5) is 4.55. The van der Waals surface area contributed by atoms with Gasteiger partial charge in [-0.2, -0.15) is 5.10 Å². The van der Waals surface area contributed by atoms with Crippen molar-refractivity contribution in [2.24, 2.45) is 0 Å². The molecule has 7 heteroatoms. The Balaban J connectivity index is 1.25. The van der Waals surface area contributed by atoms with Crippen LogP contribution in [0.15, 0.2) is 54.7 Å². The molecule has 1 aromatic heterocycles. The minimum absolute atomic E-state index is 0.000583. The van der Waals surface area contributed by atoms with Crippen molar-refractivity contribution in [3.8, 4) is 5.69 Å². The molecule has 1 fully saturated rings. The Kier molecular flexibility index (Phi) is 7.37. The molecule has 176 valence electrons. The molecular weight excluding hydrogens is 437 g/mol. The molecular formula is C26H33ClFN5. The third-order valence-electron chi connectivity index (χ3n) is 6.14. The van der Waals surface area contributed by atoms with Crippen LogP contribution in [0.5, 0.6) is 0 Å². The number of aromatic nitrogens is 2. The number of para-hydroxylation sites is 1. The quantitative estimate of drug-likeness (QED) is 0.500. The summed E-state index contributed by atoms with van der Waals surface area (Å²) in [6, 6.07) is 15.1. The van der Waals surface area contributed by atoms with E-state index in [0.717, 1.165) is 50.6 Å². The zero-order chi connectivity index (χ0) is 23.4. The van der Waals surface area contributed by atoms with E-state index in [-0.39, 0.29) is 11.2 Å². The number of piperazine rings is 1. The van der Waals surface area contributed by atoms with E-state index < -0.39 is 0 Å². The predicted molar refractivity (Wildman–Crippen MR) is 134 cm³/mol. The molecule has 2 heterocycles. The van der Waals surface area contributed by atoms with E-state index in [1.807, 2.05) is 41.2 Å². The van der Waals surface area contributed by atoms with Gasteiger partial charge in [0.25, 0.3) is 0 Å². The first-order valence-electron chi connectivity index (χ1n) is 11.6. The Morgan fingerprint density at radius 3 is 2.48 bits per heavy atom. The largest absolute Gasteiger partial charge is 0.367 e. The average molecular weight is 470 g/mol. The Morgan fingerprint density at radius 2 is 1.76 bits per heavy atom. The molecule has 0 aliphatic carbocycles. The van der Waals surface area contributed by atoms with Crippen LogP contribution < -0.4 is 10.2 Å². The number of halogens is 2. The van der Waals surface area contributed by atoms with Gasteiger partial charge < -0.3 is 10.2 Å². The van der Waals surface area contributed by atoms with E-state index in [4.69, 9.17) is 16.7 Å². The summed E-state index contributed by atoms with van der Waals surface area (Å²) in [6.45, 7) is 12.7. The monoisotopic (exact) mass is 469 g/mol. The van der Waals surface area contributed by atoms with Gasteiger partial charge in [-0.25, -0.2) is 9.07 Å². The lowest BCUT2D eigenvalue weighted by Crippen LogP contribution is -2.48. The van der Waals surface area contributed by atoms with Gasteiger partial charge in [-0.1, -0.05) is 50.6 Å². The number of anilines is 1. The van der Waals surface area contributed by atoms with Crippen molar-refractivity contribution in [2.75, 3.05) is 44.2 Å². The summed E-state index contributed by atoms with van der Waals surface area (Å²) >= 11 is 6.27. The second-order valence-electron chi connectivity index (χ2n) is 9.62. The molecule has 0 radical (unpaired) electrons. The van der Waals surface area contributed by atoms with Gasteiger partial charge in [0.2, 0.25) is 0 Å². The number of benzene rings is 2. The summed E-state index contributed by atoms with van der Waals surface area (Å²) in [5.41, 5.74) is 3.94. The third-order valence-corrected chi connectivity index (χ3v) is 6.37. The fourth-order valence-corrected chi connectivity index (χ4v) is 4.46. The topological polar surface area (TPSA) is 36.3 Å². The van der Waals surface area contributed by atoms with Gasteiger partial charge in [-0.3, -0.25) is 4.90 Å². The molecule has 0 spiro atoms. The maximum absolute atomic E-state index is 14.0. The number of hydrogen-bond acceptors (Lipinski definition) is 4. The minimum atomic E-state index is -0.139. The highest BCUT2D eigenvalue weighted by Crippen LogP contribution is 2.30. The molecule has 0 atom stereocenters. The Hall–Kier alpha value is -2.41. The molecule has 0 bridgehead atoms. The molecule has 0 saturated carbocycles. The Morgan fingerprint density at radius 1 is 1.00 bits per heavy atom. The zero-order valence-electron chi connectivity index (χ0n) is 19.7. The highest BCUT2D eigenvalue weighted by Gasteiger charge is 2.20. The second kappa shape index (κ2) is 10.2. The summed E-state index contributed by atoms with van der Waals surface area (Å²) in [6.07, 6.45) is 2.00.